The van der Waals surface area contributed by atoms with Crippen molar-refractivity contribution in [2.45, 2.75) is 6.42 Å². The van der Waals surface area contributed by atoms with E-state index in [4.69, 9.17) is 5.73 Å². The first-order valence-electron chi connectivity index (χ1n) is 5.00. The maximum absolute atomic E-state index is 12.7. The minimum atomic E-state index is -0.287. The highest BCUT2D eigenvalue weighted by Crippen LogP contribution is 2.10. The predicted octanol–water partition coefficient (Wildman–Crippen LogP) is 1.60. The number of rotatable bonds is 3. The average molecular weight is 231 g/mol. The second kappa shape index (κ2) is 4.69. The normalized spacial score (nSPS) is 10.2. The molecule has 2 N–H and O–H groups in total. The first-order valence-corrected chi connectivity index (χ1v) is 5.00. The molecule has 0 spiro atoms. The number of carbonyl (C=O) groups excluding carboxylic acids is 1. The third kappa shape index (κ3) is 2.63. The largest absolute Gasteiger partial charge is 0.383 e. The van der Waals surface area contributed by atoms with Crippen LogP contribution in [0, 0.1) is 5.82 Å². The van der Waals surface area contributed by atoms with E-state index in [0.717, 1.165) is 5.56 Å². The summed E-state index contributed by atoms with van der Waals surface area (Å²) in [5.74, 6) is 0.373. The van der Waals surface area contributed by atoms with E-state index < -0.39 is 0 Å². The summed E-state index contributed by atoms with van der Waals surface area (Å²) in [6, 6.07) is 6.06. The quantitative estimate of drug-likeness (QED) is 0.814. The highest BCUT2D eigenvalue weighted by molar-refractivity contribution is 5.80. The van der Waals surface area contributed by atoms with Crippen molar-refractivity contribution in [2.75, 3.05) is 5.73 Å². The third-order valence-electron chi connectivity index (χ3n) is 2.30. The first-order chi connectivity index (χ1) is 8.19. The molecule has 17 heavy (non-hydrogen) atoms. The van der Waals surface area contributed by atoms with Gasteiger partial charge in [-0.3, -0.25) is 4.79 Å². The van der Waals surface area contributed by atoms with Crippen LogP contribution in [0.4, 0.5) is 10.2 Å². The summed E-state index contributed by atoms with van der Waals surface area (Å²) < 4.78 is 12.7. The third-order valence-corrected chi connectivity index (χ3v) is 2.30. The Morgan fingerprint density at radius 3 is 2.59 bits per heavy atom. The van der Waals surface area contributed by atoms with Gasteiger partial charge in [-0.15, -0.1) is 0 Å². The van der Waals surface area contributed by atoms with Gasteiger partial charge < -0.3 is 5.73 Å². The van der Waals surface area contributed by atoms with Gasteiger partial charge in [0, 0.05) is 12.6 Å². The summed E-state index contributed by atoms with van der Waals surface area (Å²) in [7, 11) is 0. The molecule has 0 aliphatic rings. The van der Waals surface area contributed by atoms with E-state index in [1.54, 1.807) is 12.1 Å². The van der Waals surface area contributed by atoms with Gasteiger partial charge in [0.15, 0.2) is 6.29 Å². The lowest BCUT2D eigenvalue weighted by Crippen LogP contribution is -2.03. The van der Waals surface area contributed by atoms with E-state index >= 15 is 0 Å². The first kappa shape index (κ1) is 11.2. The Labute approximate surface area is 97.3 Å². The molecule has 0 saturated heterocycles. The number of aldehydes is 1. The number of hydrogen-bond donors (Lipinski definition) is 1. The Morgan fingerprint density at radius 1 is 1.29 bits per heavy atom. The lowest BCUT2D eigenvalue weighted by molar-refractivity contribution is 0.112. The molecule has 2 rings (SSSR count). The maximum atomic E-state index is 12.7. The topological polar surface area (TPSA) is 68.9 Å². The van der Waals surface area contributed by atoms with Crippen molar-refractivity contribution >= 4 is 12.1 Å². The number of benzene rings is 1. The Morgan fingerprint density at radius 2 is 2.00 bits per heavy atom. The molecule has 0 unspecified atom stereocenters. The van der Waals surface area contributed by atoms with Crippen molar-refractivity contribution in [1.29, 1.82) is 0 Å². The van der Waals surface area contributed by atoms with Crippen LogP contribution in [0.15, 0.2) is 30.5 Å². The van der Waals surface area contributed by atoms with Gasteiger partial charge in [-0.1, -0.05) is 12.1 Å². The number of anilines is 1. The molecule has 0 atom stereocenters. The van der Waals surface area contributed by atoms with E-state index in [1.807, 2.05) is 0 Å². The molecular formula is C12H10FN3O. The molecule has 1 aromatic carbocycles. The summed E-state index contributed by atoms with van der Waals surface area (Å²) in [5.41, 5.74) is 6.72. The number of aromatic nitrogens is 2. The molecule has 0 fully saturated rings. The van der Waals surface area contributed by atoms with E-state index in [0.29, 0.717) is 18.5 Å². The van der Waals surface area contributed by atoms with Crippen LogP contribution in [-0.4, -0.2) is 16.3 Å². The molecule has 86 valence electrons. The zero-order valence-corrected chi connectivity index (χ0v) is 8.93. The fourth-order valence-electron chi connectivity index (χ4n) is 1.40. The Balaban J connectivity index is 2.21. The molecule has 2 aromatic rings. The van der Waals surface area contributed by atoms with Gasteiger partial charge in [-0.05, 0) is 17.7 Å². The standard InChI is InChI=1S/C12H10FN3O/c13-10-3-1-8(2-4-10)5-11-15-6-9(7-17)12(14)16-11/h1-4,6-7H,5H2,(H2,14,15,16). The highest BCUT2D eigenvalue weighted by atomic mass is 19.1. The van der Waals surface area contributed by atoms with Crippen molar-refractivity contribution in [3.63, 3.8) is 0 Å². The Kier molecular flexibility index (Phi) is 3.09. The molecule has 0 aliphatic carbocycles. The van der Waals surface area contributed by atoms with Crippen molar-refractivity contribution in [3.05, 3.63) is 53.2 Å². The smallest absolute Gasteiger partial charge is 0.155 e. The van der Waals surface area contributed by atoms with E-state index in [9.17, 15) is 9.18 Å². The highest BCUT2D eigenvalue weighted by Gasteiger charge is 2.04. The maximum Gasteiger partial charge on any atom is 0.155 e. The summed E-state index contributed by atoms with van der Waals surface area (Å²) in [5, 5.41) is 0. The Bertz CT molecular complexity index is 540. The second-order valence-electron chi connectivity index (χ2n) is 3.55. The van der Waals surface area contributed by atoms with Crippen LogP contribution < -0.4 is 5.73 Å². The van der Waals surface area contributed by atoms with Gasteiger partial charge in [-0.25, -0.2) is 14.4 Å². The van der Waals surface area contributed by atoms with Gasteiger partial charge in [-0.2, -0.15) is 0 Å². The lowest BCUT2D eigenvalue weighted by Gasteiger charge is -2.02. The monoisotopic (exact) mass is 231 g/mol. The van der Waals surface area contributed by atoms with E-state index in [-0.39, 0.29) is 17.2 Å². The van der Waals surface area contributed by atoms with Crippen LogP contribution in [0.2, 0.25) is 0 Å². The molecule has 4 nitrogen and oxygen atoms in total. The van der Waals surface area contributed by atoms with Crippen molar-refractivity contribution in [2.24, 2.45) is 0 Å². The number of nitrogens with zero attached hydrogens (tertiary/aromatic N) is 2. The fraction of sp³-hybridized carbons (Fsp3) is 0.0833. The lowest BCUT2D eigenvalue weighted by atomic mass is 10.1. The fourth-order valence-corrected chi connectivity index (χ4v) is 1.40. The second-order valence-corrected chi connectivity index (χ2v) is 3.55. The van der Waals surface area contributed by atoms with Crippen LogP contribution in [0.3, 0.4) is 0 Å². The molecule has 1 aromatic heterocycles. The predicted molar refractivity (Wildman–Crippen MR) is 61.0 cm³/mol. The zero-order valence-electron chi connectivity index (χ0n) is 8.93. The molecule has 0 radical (unpaired) electrons. The van der Waals surface area contributed by atoms with Crippen LogP contribution in [0.5, 0.6) is 0 Å². The number of carbonyl (C=O) groups is 1. The van der Waals surface area contributed by atoms with E-state index in [2.05, 4.69) is 9.97 Å². The molecule has 5 heteroatoms. The molecule has 0 aliphatic heterocycles. The molecular weight excluding hydrogens is 221 g/mol. The molecule has 0 saturated carbocycles. The van der Waals surface area contributed by atoms with Crippen LogP contribution in [0.25, 0.3) is 0 Å². The summed E-state index contributed by atoms with van der Waals surface area (Å²) in [6.45, 7) is 0. The van der Waals surface area contributed by atoms with Crippen LogP contribution in [0.1, 0.15) is 21.7 Å². The van der Waals surface area contributed by atoms with Gasteiger partial charge >= 0.3 is 0 Å². The Hall–Kier alpha value is -2.30. The SMILES string of the molecule is Nc1nc(Cc2ccc(F)cc2)ncc1C=O. The minimum absolute atomic E-state index is 0.159. The van der Waals surface area contributed by atoms with Gasteiger partial charge in [0.1, 0.15) is 17.5 Å². The zero-order chi connectivity index (χ0) is 12.3. The molecule has 0 amide bonds. The van der Waals surface area contributed by atoms with Crippen molar-refractivity contribution < 1.29 is 9.18 Å². The average Bonchev–Trinajstić information content (AvgIpc) is 2.32. The number of nitrogens with two attached hydrogens (primary N) is 1. The van der Waals surface area contributed by atoms with Gasteiger partial charge in [0.2, 0.25) is 0 Å². The van der Waals surface area contributed by atoms with E-state index in [1.165, 1.54) is 18.3 Å². The van der Waals surface area contributed by atoms with Crippen molar-refractivity contribution in [1.82, 2.24) is 9.97 Å². The molecule has 0 bridgehead atoms. The summed E-state index contributed by atoms with van der Waals surface area (Å²) >= 11 is 0. The number of hydrogen-bond acceptors (Lipinski definition) is 4. The minimum Gasteiger partial charge on any atom is -0.383 e. The van der Waals surface area contributed by atoms with Gasteiger partial charge in [0.25, 0.3) is 0 Å². The number of nitrogen functional groups attached to an aromatic ring is 1. The number of halogens is 1. The van der Waals surface area contributed by atoms with Crippen LogP contribution in [-0.2, 0) is 6.42 Å². The van der Waals surface area contributed by atoms with Gasteiger partial charge in [0.05, 0.1) is 5.56 Å². The van der Waals surface area contributed by atoms with Crippen LogP contribution >= 0.6 is 0 Å². The molecule has 1 heterocycles. The van der Waals surface area contributed by atoms with Crippen molar-refractivity contribution in [3.8, 4) is 0 Å². The summed E-state index contributed by atoms with van der Waals surface area (Å²) in [6.07, 6.45) is 2.44. The summed E-state index contributed by atoms with van der Waals surface area (Å²) in [4.78, 5) is 18.5.